The Balaban J connectivity index is 2.73. The van der Waals surface area contributed by atoms with E-state index in [1.807, 2.05) is 0 Å². The Hall–Kier alpha value is -2.70. The molecule has 1 heterocycles. The zero-order valence-electron chi connectivity index (χ0n) is 12.9. The first kappa shape index (κ1) is 19.3. The van der Waals surface area contributed by atoms with Gasteiger partial charge < -0.3 is 19.6 Å². The monoisotopic (exact) mass is 346 g/mol. The molecule has 0 bridgehead atoms. The average Bonchev–Trinajstić information content (AvgIpc) is 2.54. The molecule has 7 nitrogen and oxygen atoms in total. The van der Waals surface area contributed by atoms with Crippen LogP contribution in [-0.2, 0) is 4.74 Å². The molecule has 10 heteroatoms. The number of hydrogen-bond donors (Lipinski definition) is 2. The van der Waals surface area contributed by atoms with Gasteiger partial charge in [-0.1, -0.05) is 0 Å². The Morgan fingerprint density at radius 2 is 1.83 bits per heavy atom. The molecule has 1 rings (SSSR count). The summed E-state index contributed by atoms with van der Waals surface area (Å²) in [6, 6.07) is 1.63. The number of alkyl halides is 3. The van der Waals surface area contributed by atoms with Gasteiger partial charge in [0.15, 0.2) is 5.76 Å². The van der Waals surface area contributed by atoms with Gasteiger partial charge in [-0.2, -0.15) is 18.4 Å². The molecule has 0 unspecified atom stereocenters. The zero-order chi connectivity index (χ0) is 18.3. The lowest BCUT2D eigenvalue weighted by molar-refractivity contribution is -0.120. The van der Waals surface area contributed by atoms with Crippen molar-refractivity contribution in [2.75, 3.05) is 32.8 Å². The van der Waals surface area contributed by atoms with E-state index in [0.717, 1.165) is 6.08 Å². The lowest BCUT2D eigenvalue weighted by Gasteiger charge is -2.35. The number of ether oxygens (including phenoxy) is 1. The van der Waals surface area contributed by atoms with Gasteiger partial charge in [0.05, 0.1) is 12.2 Å². The quantitative estimate of drug-likeness (QED) is 0.268. The van der Waals surface area contributed by atoms with E-state index < -0.39 is 18.0 Å². The van der Waals surface area contributed by atoms with E-state index in [1.54, 1.807) is 13.0 Å². The number of nitrogens with zero attached hydrogens (tertiary/aromatic N) is 3. The molecular formula is C14H17F3N4O3. The van der Waals surface area contributed by atoms with E-state index in [-0.39, 0.29) is 44.2 Å². The molecule has 0 aromatic rings. The average molecular weight is 346 g/mol. The van der Waals surface area contributed by atoms with Gasteiger partial charge in [-0.05, 0) is 19.1 Å². The van der Waals surface area contributed by atoms with E-state index >= 15 is 0 Å². The number of carbonyl (C=O) groups is 1. The number of aliphatic hydroxyl groups excluding tert-OH is 1. The van der Waals surface area contributed by atoms with Crippen LogP contribution in [0.1, 0.15) is 6.92 Å². The summed E-state index contributed by atoms with van der Waals surface area (Å²) >= 11 is 0. The molecule has 0 aliphatic carbocycles. The molecule has 24 heavy (non-hydrogen) atoms. The van der Waals surface area contributed by atoms with Crippen molar-refractivity contribution in [3.05, 3.63) is 23.5 Å². The molecule has 0 aromatic carbocycles. The Morgan fingerprint density at radius 1 is 1.29 bits per heavy atom. The molecule has 0 saturated carbocycles. The number of piperazine rings is 1. The number of rotatable bonds is 3. The first-order valence-corrected chi connectivity index (χ1v) is 7.04. The second-order valence-electron chi connectivity index (χ2n) is 4.76. The number of aliphatic hydroxyl groups is 1. The number of amides is 1. The summed E-state index contributed by atoms with van der Waals surface area (Å²) in [4.78, 5) is 14.5. The number of halogens is 3. The van der Waals surface area contributed by atoms with Crippen LogP contribution in [0.25, 0.3) is 0 Å². The predicted molar refractivity (Wildman–Crippen MR) is 78.4 cm³/mol. The summed E-state index contributed by atoms with van der Waals surface area (Å²) in [7, 11) is 0. The topological polar surface area (TPSA) is 101 Å². The Bertz CT molecular complexity index is 585. The fraction of sp³-hybridized carbons (Fsp3) is 0.500. The van der Waals surface area contributed by atoms with Gasteiger partial charge in [-0.15, -0.1) is 0 Å². The highest BCUT2D eigenvalue weighted by Crippen LogP contribution is 2.23. The summed E-state index contributed by atoms with van der Waals surface area (Å²) in [6.45, 7) is 2.94. The first-order chi connectivity index (χ1) is 11.2. The zero-order valence-corrected chi connectivity index (χ0v) is 12.9. The first-order valence-electron chi connectivity index (χ1n) is 7.04. The summed E-state index contributed by atoms with van der Waals surface area (Å²) in [5.74, 6) is -2.12. The highest BCUT2D eigenvalue weighted by molar-refractivity contribution is 5.99. The summed E-state index contributed by atoms with van der Waals surface area (Å²) in [5, 5.41) is 25.7. The summed E-state index contributed by atoms with van der Waals surface area (Å²) in [5.41, 5.74) is -0.324. The van der Waals surface area contributed by atoms with Crippen LogP contribution < -0.4 is 0 Å². The number of nitriles is 1. The minimum atomic E-state index is -4.91. The predicted octanol–water partition coefficient (Wildman–Crippen LogP) is 2.19. The molecule has 0 radical (unpaired) electrons. The number of hydrogen-bond acceptors (Lipinski definition) is 5. The van der Waals surface area contributed by atoms with Gasteiger partial charge in [-0.3, -0.25) is 5.41 Å². The largest absolute Gasteiger partial charge is 0.504 e. The standard InChI is InChI=1S/C14H17F3N4O3/c1-2-24-13(23)21-7-5-20(6-8-21)12(19)10(9-18)3-4-11(22)14(15,16)17/h3-4,19,22H,2,5-8H2,1H3/b10-3-,11-4+,19-12?. The lowest BCUT2D eigenvalue weighted by atomic mass is 10.2. The number of allylic oxidation sites excluding steroid dienone is 3. The molecular weight excluding hydrogens is 329 g/mol. The van der Waals surface area contributed by atoms with Crippen LogP contribution in [0.4, 0.5) is 18.0 Å². The number of carbonyl (C=O) groups excluding carboxylic acids is 1. The third-order valence-electron chi connectivity index (χ3n) is 3.20. The molecule has 2 N–H and O–H groups in total. The lowest BCUT2D eigenvalue weighted by Crippen LogP contribution is -2.50. The van der Waals surface area contributed by atoms with Crippen LogP contribution in [0.2, 0.25) is 0 Å². The van der Waals surface area contributed by atoms with Gasteiger partial charge in [0.1, 0.15) is 11.9 Å². The maximum atomic E-state index is 12.2. The van der Waals surface area contributed by atoms with E-state index in [1.165, 1.54) is 9.80 Å². The van der Waals surface area contributed by atoms with Crippen molar-refractivity contribution < 1.29 is 27.8 Å². The number of amidine groups is 1. The van der Waals surface area contributed by atoms with Crippen LogP contribution in [0, 0.1) is 16.7 Å². The fourth-order valence-electron chi connectivity index (χ4n) is 1.92. The van der Waals surface area contributed by atoms with E-state index in [9.17, 15) is 18.0 Å². The second-order valence-corrected chi connectivity index (χ2v) is 4.76. The molecule has 1 aliphatic heterocycles. The van der Waals surface area contributed by atoms with Crippen molar-refractivity contribution in [1.29, 1.82) is 10.7 Å². The SMILES string of the molecule is CCOC(=O)N1CCN(C(=N)/C(C#N)=C\C=C(\O)C(F)(F)F)CC1. The second kappa shape index (κ2) is 8.24. The highest BCUT2D eigenvalue weighted by atomic mass is 19.4. The van der Waals surface area contributed by atoms with Crippen LogP contribution in [-0.4, -0.2) is 65.8 Å². The molecule has 1 amide bonds. The van der Waals surface area contributed by atoms with Crippen molar-refractivity contribution in [3.8, 4) is 6.07 Å². The molecule has 0 atom stereocenters. The van der Waals surface area contributed by atoms with Gasteiger partial charge in [0.2, 0.25) is 0 Å². The van der Waals surface area contributed by atoms with Crippen LogP contribution in [0.15, 0.2) is 23.5 Å². The molecule has 1 saturated heterocycles. The maximum Gasteiger partial charge on any atom is 0.448 e. The van der Waals surface area contributed by atoms with Crippen molar-refractivity contribution in [3.63, 3.8) is 0 Å². The molecule has 1 aliphatic rings. The Morgan fingerprint density at radius 3 is 2.29 bits per heavy atom. The molecule has 1 fully saturated rings. The van der Waals surface area contributed by atoms with Crippen LogP contribution in [0.3, 0.4) is 0 Å². The van der Waals surface area contributed by atoms with E-state index in [2.05, 4.69) is 0 Å². The molecule has 132 valence electrons. The van der Waals surface area contributed by atoms with Crippen molar-refractivity contribution >= 4 is 11.9 Å². The van der Waals surface area contributed by atoms with Gasteiger partial charge in [0, 0.05) is 26.2 Å². The minimum absolute atomic E-state index is 0.241. The highest BCUT2D eigenvalue weighted by Gasteiger charge is 2.33. The molecule has 0 spiro atoms. The van der Waals surface area contributed by atoms with E-state index in [0.29, 0.717) is 6.08 Å². The Labute approximate surface area is 136 Å². The smallest absolute Gasteiger partial charge is 0.448 e. The maximum absolute atomic E-state index is 12.2. The summed E-state index contributed by atoms with van der Waals surface area (Å²) in [6.07, 6.45) is -4.31. The van der Waals surface area contributed by atoms with Gasteiger partial charge in [0.25, 0.3) is 0 Å². The van der Waals surface area contributed by atoms with Crippen LogP contribution >= 0.6 is 0 Å². The van der Waals surface area contributed by atoms with Crippen molar-refractivity contribution in [2.24, 2.45) is 0 Å². The normalized spacial score (nSPS) is 16.6. The Kier molecular flexibility index (Phi) is 6.64. The fourth-order valence-corrected chi connectivity index (χ4v) is 1.92. The molecule has 0 aromatic heterocycles. The van der Waals surface area contributed by atoms with Crippen LogP contribution in [0.5, 0.6) is 0 Å². The number of nitrogens with one attached hydrogen (secondary N) is 1. The third kappa shape index (κ3) is 5.19. The van der Waals surface area contributed by atoms with Gasteiger partial charge in [-0.25, -0.2) is 4.79 Å². The van der Waals surface area contributed by atoms with E-state index in [4.69, 9.17) is 20.5 Å². The van der Waals surface area contributed by atoms with Crippen molar-refractivity contribution in [2.45, 2.75) is 13.1 Å². The third-order valence-corrected chi connectivity index (χ3v) is 3.20. The van der Waals surface area contributed by atoms with Crippen molar-refractivity contribution in [1.82, 2.24) is 9.80 Å². The minimum Gasteiger partial charge on any atom is -0.504 e. The van der Waals surface area contributed by atoms with Gasteiger partial charge >= 0.3 is 12.3 Å². The summed E-state index contributed by atoms with van der Waals surface area (Å²) < 4.78 is 41.4.